The average Bonchev–Trinajstić information content (AvgIpc) is 2.17. The molecule has 0 atom stereocenters. The van der Waals surface area contributed by atoms with Crippen LogP contribution in [0.4, 0.5) is 14.5 Å². The van der Waals surface area contributed by atoms with Gasteiger partial charge in [-0.3, -0.25) is 14.9 Å². The molecule has 0 aliphatic rings. The molecule has 0 spiro atoms. The van der Waals surface area contributed by atoms with Crippen LogP contribution < -0.4 is 0 Å². The first-order valence-corrected chi connectivity index (χ1v) is 4.01. The Kier molecular flexibility index (Phi) is 3.25. The SMILES string of the molecule is N#CCC(=O)c1cc([N+](=O)[O-])c(F)cc1F. The topological polar surface area (TPSA) is 84.0 Å². The largest absolute Gasteiger partial charge is 0.305 e. The first-order valence-electron chi connectivity index (χ1n) is 4.01. The van der Waals surface area contributed by atoms with Crippen molar-refractivity contribution < 1.29 is 18.5 Å². The van der Waals surface area contributed by atoms with Crippen LogP contribution >= 0.6 is 0 Å². The Hall–Kier alpha value is -2.36. The third-order valence-corrected chi connectivity index (χ3v) is 1.77. The van der Waals surface area contributed by atoms with Gasteiger partial charge >= 0.3 is 5.69 Å². The summed E-state index contributed by atoms with van der Waals surface area (Å²) in [5.74, 6) is -3.51. The number of ketones is 1. The first-order chi connectivity index (χ1) is 7.47. The highest BCUT2D eigenvalue weighted by molar-refractivity contribution is 5.98. The van der Waals surface area contributed by atoms with Crippen LogP contribution in [0.15, 0.2) is 12.1 Å². The Morgan fingerprint density at radius 2 is 2.06 bits per heavy atom. The van der Waals surface area contributed by atoms with Crippen LogP contribution in [0.2, 0.25) is 0 Å². The summed E-state index contributed by atoms with van der Waals surface area (Å²) in [6.07, 6.45) is -0.625. The van der Waals surface area contributed by atoms with Gasteiger partial charge in [0, 0.05) is 12.1 Å². The fourth-order valence-electron chi connectivity index (χ4n) is 1.06. The van der Waals surface area contributed by atoms with Crippen LogP contribution in [0, 0.1) is 33.1 Å². The van der Waals surface area contributed by atoms with Gasteiger partial charge < -0.3 is 0 Å². The lowest BCUT2D eigenvalue weighted by atomic mass is 10.1. The molecule has 1 aromatic rings. The minimum absolute atomic E-state index is 0.253. The highest BCUT2D eigenvalue weighted by Crippen LogP contribution is 2.22. The molecule has 1 aromatic carbocycles. The Morgan fingerprint density at radius 1 is 1.44 bits per heavy atom. The number of hydrogen-bond acceptors (Lipinski definition) is 4. The summed E-state index contributed by atoms with van der Waals surface area (Å²) in [6, 6.07) is 2.22. The van der Waals surface area contributed by atoms with Gasteiger partial charge in [0.15, 0.2) is 5.78 Å². The molecule has 0 heterocycles. The molecule has 1 rings (SSSR count). The second kappa shape index (κ2) is 4.44. The summed E-state index contributed by atoms with van der Waals surface area (Å²) in [6.45, 7) is 0. The summed E-state index contributed by atoms with van der Waals surface area (Å²) in [4.78, 5) is 20.4. The highest BCUT2D eigenvalue weighted by atomic mass is 19.1. The summed E-state index contributed by atoms with van der Waals surface area (Å²) < 4.78 is 25.9. The molecule has 0 fully saturated rings. The molecule has 0 bridgehead atoms. The molecule has 16 heavy (non-hydrogen) atoms. The molecule has 5 nitrogen and oxygen atoms in total. The second-order valence-corrected chi connectivity index (χ2v) is 2.80. The molecule has 0 aromatic heterocycles. The van der Waals surface area contributed by atoms with Gasteiger partial charge in [0.2, 0.25) is 5.82 Å². The van der Waals surface area contributed by atoms with Gasteiger partial charge in [0.05, 0.1) is 23.0 Å². The average molecular weight is 226 g/mol. The second-order valence-electron chi connectivity index (χ2n) is 2.80. The minimum atomic E-state index is -1.36. The van der Waals surface area contributed by atoms with Crippen molar-refractivity contribution in [3.8, 4) is 6.07 Å². The fourth-order valence-corrected chi connectivity index (χ4v) is 1.06. The van der Waals surface area contributed by atoms with E-state index in [4.69, 9.17) is 5.26 Å². The lowest BCUT2D eigenvalue weighted by molar-refractivity contribution is -0.387. The molecular formula is C9H4F2N2O3. The number of rotatable bonds is 3. The smallest absolute Gasteiger partial charge is 0.293 e. The van der Waals surface area contributed by atoms with E-state index in [-0.39, 0.29) is 6.07 Å². The number of hydrogen-bond donors (Lipinski definition) is 0. The van der Waals surface area contributed by atoms with E-state index in [0.717, 1.165) is 0 Å². The van der Waals surface area contributed by atoms with Crippen molar-refractivity contribution in [3.05, 3.63) is 39.4 Å². The third kappa shape index (κ3) is 2.17. The Balaban J connectivity index is 3.31. The summed E-state index contributed by atoms with van der Waals surface area (Å²) in [7, 11) is 0. The third-order valence-electron chi connectivity index (χ3n) is 1.77. The molecule has 0 saturated heterocycles. The van der Waals surface area contributed by atoms with Crippen LogP contribution in [0.1, 0.15) is 16.8 Å². The standard InChI is InChI=1S/C9H4F2N2O3/c10-6-4-7(11)8(13(15)16)3-5(6)9(14)1-2-12/h3-4H,1H2. The number of benzene rings is 1. The molecule has 0 amide bonds. The van der Waals surface area contributed by atoms with Gasteiger partial charge in [-0.05, 0) is 0 Å². The Morgan fingerprint density at radius 3 is 2.56 bits per heavy atom. The predicted molar refractivity (Wildman–Crippen MR) is 47.6 cm³/mol. The Labute approximate surface area is 88.1 Å². The normalized spacial score (nSPS) is 9.56. The molecule has 0 radical (unpaired) electrons. The van der Waals surface area contributed by atoms with Crippen LogP contribution in [-0.4, -0.2) is 10.7 Å². The molecule has 0 N–H and O–H groups in total. The molecule has 0 saturated carbocycles. The number of nitrogens with zero attached hydrogens (tertiary/aromatic N) is 2. The van der Waals surface area contributed by atoms with Crippen molar-refractivity contribution in [2.24, 2.45) is 0 Å². The highest BCUT2D eigenvalue weighted by Gasteiger charge is 2.21. The van der Waals surface area contributed by atoms with Gasteiger partial charge in [0.25, 0.3) is 0 Å². The van der Waals surface area contributed by atoms with Crippen molar-refractivity contribution >= 4 is 11.5 Å². The van der Waals surface area contributed by atoms with Crippen molar-refractivity contribution in [2.45, 2.75) is 6.42 Å². The fraction of sp³-hybridized carbons (Fsp3) is 0.111. The van der Waals surface area contributed by atoms with Gasteiger partial charge in [0.1, 0.15) is 5.82 Å². The molecule has 82 valence electrons. The zero-order valence-corrected chi connectivity index (χ0v) is 7.74. The van der Waals surface area contributed by atoms with Crippen molar-refractivity contribution in [2.75, 3.05) is 0 Å². The van der Waals surface area contributed by atoms with Crippen LogP contribution in [0.25, 0.3) is 0 Å². The number of carbonyl (C=O) groups is 1. The molecule has 0 unspecified atom stereocenters. The van der Waals surface area contributed by atoms with E-state index in [0.29, 0.717) is 6.07 Å². The number of halogens is 2. The summed E-state index contributed by atoms with van der Waals surface area (Å²) in [5.41, 5.74) is -1.66. The van der Waals surface area contributed by atoms with Crippen molar-refractivity contribution in [3.63, 3.8) is 0 Å². The zero-order chi connectivity index (χ0) is 12.3. The lowest BCUT2D eigenvalue weighted by Gasteiger charge is -2.00. The van der Waals surface area contributed by atoms with Gasteiger partial charge in [-0.15, -0.1) is 0 Å². The molecule has 0 aliphatic heterocycles. The van der Waals surface area contributed by atoms with Crippen LogP contribution in [-0.2, 0) is 0 Å². The molecular weight excluding hydrogens is 222 g/mol. The predicted octanol–water partition coefficient (Wildman–Crippen LogP) is 1.97. The lowest BCUT2D eigenvalue weighted by Crippen LogP contribution is -2.04. The van der Waals surface area contributed by atoms with Gasteiger partial charge in [-0.1, -0.05) is 0 Å². The maximum absolute atomic E-state index is 13.1. The van der Waals surface area contributed by atoms with E-state index >= 15 is 0 Å². The summed E-state index contributed by atoms with van der Waals surface area (Å²) >= 11 is 0. The van der Waals surface area contributed by atoms with Gasteiger partial charge in [-0.2, -0.15) is 9.65 Å². The monoisotopic (exact) mass is 226 g/mol. The van der Waals surface area contributed by atoms with E-state index in [2.05, 4.69) is 0 Å². The quantitative estimate of drug-likeness (QED) is 0.448. The van der Waals surface area contributed by atoms with E-state index in [1.807, 2.05) is 0 Å². The first kappa shape index (κ1) is 11.7. The zero-order valence-electron chi connectivity index (χ0n) is 7.74. The van der Waals surface area contributed by atoms with E-state index in [1.54, 1.807) is 0 Å². The van der Waals surface area contributed by atoms with Crippen molar-refractivity contribution in [1.82, 2.24) is 0 Å². The number of nitriles is 1. The van der Waals surface area contributed by atoms with E-state index in [1.165, 1.54) is 6.07 Å². The van der Waals surface area contributed by atoms with Gasteiger partial charge in [-0.25, -0.2) is 4.39 Å². The summed E-state index contributed by atoms with van der Waals surface area (Å²) in [5, 5.41) is 18.6. The van der Waals surface area contributed by atoms with Crippen LogP contribution in [0.5, 0.6) is 0 Å². The maximum Gasteiger partial charge on any atom is 0.305 e. The minimum Gasteiger partial charge on any atom is -0.293 e. The van der Waals surface area contributed by atoms with E-state index in [9.17, 15) is 23.7 Å². The number of Topliss-reactive ketones (excluding diaryl/α,β-unsaturated/α-hetero) is 1. The van der Waals surface area contributed by atoms with Crippen molar-refractivity contribution in [1.29, 1.82) is 5.26 Å². The molecule has 0 aliphatic carbocycles. The van der Waals surface area contributed by atoms with Crippen LogP contribution in [0.3, 0.4) is 0 Å². The molecule has 7 heteroatoms. The Bertz CT molecular complexity index is 508. The maximum atomic E-state index is 13.1. The number of carbonyl (C=O) groups excluding carboxylic acids is 1. The van der Waals surface area contributed by atoms with E-state index < -0.39 is 40.0 Å². The number of nitro groups is 1. The number of nitro benzene ring substituents is 1.